The molecule has 2 N–H and O–H groups in total. The predicted molar refractivity (Wildman–Crippen MR) is 56.1 cm³/mol. The molecule has 0 bridgehead atoms. The average molecular weight is 209 g/mol. The van der Waals surface area contributed by atoms with Crippen molar-refractivity contribution in [2.24, 2.45) is 0 Å². The second-order valence-corrected chi connectivity index (χ2v) is 3.04. The van der Waals surface area contributed by atoms with Crippen LogP contribution < -0.4 is 5.32 Å². The summed E-state index contributed by atoms with van der Waals surface area (Å²) in [5.41, 5.74) is 0.333. The monoisotopic (exact) mass is 209 g/mol. The fraction of sp³-hybridized carbons (Fsp3) is 0.182. The maximum absolute atomic E-state index is 12.9. The van der Waals surface area contributed by atoms with Crippen molar-refractivity contribution in [3.05, 3.63) is 36.7 Å². The molecular weight excluding hydrogens is 197 g/mol. The third kappa shape index (κ3) is 3.42. The van der Waals surface area contributed by atoms with Crippen LogP contribution in [0.15, 0.2) is 30.9 Å². The quantitative estimate of drug-likeness (QED) is 0.591. The maximum atomic E-state index is 12.9. The number of halogens is 1. The Morgan fingerprint density at radius 2 is 2.33 bits per heavy atom. The molecule has 0 radical (unpaired) electrons. The molecule has 15 heavy (non-hydrogen) atoms. The van der Waals surface area contributed by atoms with Gasteiger partial charge in [-0.2, -0.15) is 0 Å². The summed E-state index contributed by atoms with van der Waals surface area (Å²) in [5, 5.41) is 11.4. The van der Waals surface area contributed by atoms with Crippen molar-refractivity contribution in [1.29, 1.82) is 0 Å². The molecule has 0 unspecified atom stereocenters. The first-order valence-electron chi connectivity index (χ1n) is 4.52. The third-order valence-electron chi connectivity index (χ3n) is 1.81. The van der Waals surface area contributed by atoms with Gasteiger partial charge in [-0.1, -0.05) is 6.08 Å². The lowest BCUT2D eigenvalue weighted by atomic mass is 10.2. The molecule has 80 valence electrons. The van der Waals surface area contributed by atoms with Crippen LogP contribution in [0.5, 0.6) is 5.75 Å². The Kier molecular flexibility index (Phi) is 3.85. The van der Waals surface area contributed by atoms with Crippen molar-refractivity contribution in [1.82, 2.24) is 0 Å². The Bertz CT molecular complexity index is 377. The highest BCUT2D eigenvalue weighted by molar-refractivity contribution is 5.90. The number of phenolic OH excluding ortho intramolecular Hbond substituents is 1. The first-order chi connectivity index (χ1) is 7.13. The number of carbonyl (C=O) groups excluding carboxylic acids is 1. The third-order valence-corrected chi connectivity index (χ3v) is 1.81. The van der Waals surface area contributed by atoms with Crippen molar-refractivity contribution < 1.29 is 14.3 Å². The van der Waals surface area contributed by atoms with Crippen LogP contribution in [0.1, 0.15) is 12.8 Å². The molecule has 1 aromatic rings. The highest BCUT2D eigenvalue weighted by Gasteiger charge is 2.04. The second kappa shape index (κ2) is 5.14. The van der Waals surface area contributed by atoms with Crippen LogP contribution in [0.2, 0.25) is 0 Å². The van der Waals surface area contributed by atoms with Crippen LogP contribution in [-0.2, 0) is 4.79 Å². The topological polar surface area (TPSA) is 49.3 Å². The van der Waals surface area contributed by atoms with Gasteiger partial charge in [0.15, 0.2) is 11.6 Å². The fourth-order valence-electron chi connectivity index (χ4n) is 1.04. The summed E-state index contributed by atoms with van der Waals surface area (Å²) in [6.07, 6.45) is 2.52. The van der Waals surface area contributed by atoms with Crippen LogP contribution in [0.4, 0.5) is 10.1 Å². The van der Waals surface area contributed by atoms with Crippen LogP contribution in [0, 0.1) is 5.82 Å². The average Bonchev–Trinajstić information content (AvgIpc) is 2.20. The van der Waals surface area contributed by atoms with Crippen molar-refractivity contribution in [3.63, 3.8) is 0 Å². The van der Waals surface area contributed by atoms with Crippen molar-refractivity contribution in [3.8, 4) is 5.75 Å². The number of nitrogens with one attached hydrogen (secondary N) is 1. The van der Waals surface area contributed by atoms with E-state index in [0.717, 1.165) is 6.07 Å². The molecule has 0 saturated heterocycles. The molecule has 0 aliphatic heterocycles. The number of benzene rings is 1. The van der Waals surface area contributed by atoms with E-state index < -0.39 is 11.6 Å². The molecule has 3 nitrogen and oxygen atoms in total. The number of rotatable bonds is 4. The van der Waals surface area contributed by atoms with Gasteiger partial charge in [0, 0.05) is 18.2 Å². The number of carbonyl (C=O) groups is 1. The summed E-state index contributed by atoms with van der Waals surface area (Å²) in [5.74, 6) is -1.39. The van der Waals surface area contributed by atoms with E-state index in [-0.39, 0.29) is 5.91 Å². The Hall–Kier alpha value is -1.84. The molecule has 0 atom stereocenters. The van der Waals surface area contributed by atoms with Crippen LogP contribution in [0.25, 0.3) is 0 Å². The molecule has 1 aromatic carbocycles. The van der Waals surface area contributed by atoms with Gasteiger partial charge in [-0.25, -0.2) is 4.39 Å². The Balaban J connectivity index is 2.60. The summed E-state index contributed by atoms with van der Waals surface area (Å²) < 4.78 is 12.9. The smallest absolute Gasteiger partial charge is 0.224 e. The normalized spacial score (nSPS) is 9.67. The number of aromatic hydroxyl groups is 1. The van der Waals surface area contributed by atoms with Gasteiger partial charge < -0.3 is 10.4 Å². The SMILES string of the molecule is C=CCCC(=O)Nc1ccc(O)c(F)c1. The van der Waals surface area contributed by atoms with E-state index in [1.54, 1.807) is 6.08 Å². The Labute approximate surface area is 87.2 Å². The first kappa shape index (κ1) is 11.2. The van der Waals surface area contributed by atoms with Crippen molar-refractivity contribution in [2.45, 2.75) is 12.8 Å². The summed E-state index contributed by atoms with van der Waals surface area (Å²) >= 11 is 0. The zero-order chi connectivity index (χ0) is 11.3. The van der Waals surface area contributed by atoms with Gasteiger partial charge in [-0.05, 0) is 18.6 Å². The van der Waals surface area contributed by atoms with Crippen molar-refractivity contribution in [2.75, 3.05) is 5.32 Å². The van der Waals surface area contributed by atoms with Gasteiger partial charge in [-0.15, -0.1) is 6.58 Å². The highest BCUT2D eigenvalue weighted by Crippen LogP contribution is 2.19. The molecule has 4 heteroatoms. The summed E-state index contributed by atoms with van der Waals surface area (Å²) in [6.45, 7) is 3.49. The van der Waals surface area contributed by atoms with Crippen LogP contribution >= 0.6 is 0 Å². The molecule has 0 fully saturated rings. The molecule has 0 heterocycles. The lowest BCUT2D eigenvalue weighted by Gasteiger charge is -2.04. The number of phenols is 1. The van der Waals surface area contributed by atoms with Gasteiger partial charge >= 0.3 is 0 Å². The maximum Gasteiger partial charge on any atom is 0.224 e. The van der Waals surface area contributed by atoms with E-state index in [1.807, 2.05) is 0 Å². The molecule has 0 spiro atoms. The summed E-state index contributed by atoms with van der Waals surface area (Å²) in [6, 6.07) is 3.70. The molecular formula is C11H12FNO2. The van der Waals surface area contributed by atoms with Crippen LogP contribution in [0.3, 0.4) is 0 Å². The molecule has 0 saturated carbocycles. The van der Waals surface area contributed by atoms with E-state index in [1.165, 1.54) is 12.1 Å². The summed E-state index contributed by atoms with van der Waals surface area (Å²) in [7, 11) is 0. The summed E-state index contributed by atoms with van der Waals surface area (Å²) in [4.78, 5) is 11.2. The number of allylic oxidation sites excluding steroid dienone is 1. The Morgan fingerprint density at radius 1 is 1.60 bits per heavy atom. The van der Waals surface area contributed by atoms with Gasteiger partial charge in [0.25, 0.3) is 0 Å². The zero-order valence-electron chi connectivity index (χ0n) is 8.16. The van der Waals surface area contributed by atoms with Gasteiger partial charge in [0.05, 0.1) is 0 Å². The van der Waals surface area contributed by atoms with E-state index in [4.69, 9.17) is 5.11 Å². The highest BCUT2D eigenvalue weighted by atomic mass is 19.1. The van der Waals surface area contributed by atoms with E-state index in [9.17, 15) is 9.18 Å². The predicted octanol–water partition coefficient (Wildman–Crippen LogP) is 2.44. The standard InChI is InChI=1S/C11H12FNO2/c1-2-3-4-11(15)13-8-5-6-10(14)9(12)7-8/h2,5-7,14H,1,3-4H2,(H,13,15). The molecule has 0 aliphatic carbocycles. The second-order valence-electron chi connectivity index (χ2n) is 3.04. The largest absolute Gasteiger partial charge is 0.505 e. The molecule has 1 amide bonds. The number of hydrogen-bond donors (Lipinski definition) is 2. The molecule has 0 aromatic heterocycles. The minimum Gasteiger partial charge on any atom is -0.505 e. The minimum absolute atomic E-state index is 0.208. The van der Waals surface area contributed by atoms with Crippen LogP contribution in [-0.4, -0.2) is 11.0 Å². The fourth-order valence-corrected chi connectivity index (χ4v) is 1.04. The molecule has 1 rings (SSSR count). The minimum atomic E-state index is -0.753. The van der Waals surface area contributed by atoms with E-state index >= 15 is 0 Å². The number of amides is 1. The first-order valence-corrected chi connectivity index (χ1v) is 4.52. The van der Waals surface area contributed by atoms with Gasteiger partial charge in [0.2, 0.25) is 5.91 Å². The number of hydrogen-bond acceptors (Lipinski definition) is 2. The van der Waals surface area contributed by atoms with Gasteiger partial charge in [-0.3, -0.25) is 4.79 Å². The van der Waals surface area contributed by atoms with Crippen molar-refractivity contribution >= 4 is 11.6 Å². The lowest BCUT2D eigenvalue weighted by molar-refractivity contribution is -0.116. The number of anilines is 1. The van der Waals surface area contributed by atoms with Gasteiger partial charge in [0.1, 0.15) is 0 Å². The van der Waals surface area contributed by atoms with E-state index in [2.05, 4.69) is 11.9 Å². The molecule has 0 aliphatic rings. The zero-order valence-corrected chi connectivity index (χ0v) is 8.16. The van der Waals surface area contributed by atoms with E-state index in [0.29, 0.717) is 18.5 Å². The Morgan fingerprint density at radius 3 is 2.93 bits per heavy atom. The lowest BCUT2D eigenvalue weighted by Crippen LogP contribution is -2.10.